The van der Waals surface area contributed by atoms with Crippen LogP contribution >= 0.6 is 0 Å². The van der Waals surface area contributed by atoms with E-state index in [9.17, 15) is 4.79 Å². The van der Waals surface area contributed by atoms with Crippen LogP contribution in [0.5, 0.6) is 0 Å². The highest BCUT2D eigenvalue weighted by Crippen LogP contribution is 2.21. The molecule has 0 bridgehead atoms. The predicted octanol–water partition coefficient (Wildman–Crippen LogP) is 1.19. The minimum Gasteiger partial charge on any atom is -0.444 e. The molecule has 3 rings (SSSR count). The zero-order valence-electron chi connectivity index (χ0n) is 11.7. The van der Waals surface area contributed by atoms with Crippen LogP contribution in [0.25, 0.3) is 11.3 Å². The van der Waals surface area contributed by atoms with Gasteiger partial charge in [-0.15, -0.1) is 0 Å². The SMILES string of the molecule is O=C(CN1CCNCC1)Nc1cccc(-c2cnco2)c1. The topological polar surface area (TPSA) is 70.4 Å². The second-order valence-electron chi connectivity index (χ2n) is 5.02. The fourth-order valence-corrected chi connectivity index (χ4v) is 2.38. The number of nitrogens with zero attached hydrogens (tertiary/aromatic N) is 2. The van der Waals surface area contributed by atoms with Crippen LogP contribution in [0.3, 0.4) is 0 Å². The Morgan fingerprint density at radius 1 is 1.38 bits per heavy atom. The molecule has 1 fully saturated rings. The van der Waals surface area contributed by atoms with E-state index in [1.807, 2.05) is 24.3 Å². The number of piperazine rings is 1. The van der Waals surface area contributed by atoms with Crippen LogP contribution in [0, 0.1) is 0 Å². The van der Waals surface area contributed by atoms with Crippen LogP contribution < -0.4 is 10.6 Å². The van der Waals surface area contributed by atoms with Crippen LogP contribution in [0.4, 0.5) is 5.69 Å². The number of carbonyl (C=O) groups excluding carboxylic acids is 1. The van der Waals surface area contributed by atoms with Crippen LogP contribution in [0.2, 0.25) is 0 Å². The number of amides is 1. The van der Waals surface area contributed by atoms with Gasteiger partial charge in [-0.1, -0.05) is 12.1 Å². The van der Waals surface area contributed by atoms with Gasteiger partial charge in [-0.25, -0.2) is 4.98 Å². The second kappa shape index (κ2) is 6.51. The highest BCUT2D eigenvalue weighted by Gasteiger charge is 2.13. The summed E-state index contributed by atoms with van der Waals surface area (Å²) in [6.45, 7) is 4.12. The Kier molecular flexibility index (Phi) is 4.28. The molecule has 2 N–H and O–H groups in total. The molecule has 6 heteroatoms. The molecule has 1 aliphatic heterocycles. The third-order valence-electron chi connectivity index (χ3n) is 3.44. The molecule has 0 unspecified atom stereocenters. The quantitative estimate of drug-likeness (QED) is 0.883. The van der Waals surface area contributed by atoms with Crippen molar-refractivity contribution in [3.05, 3.63) is 36.9 Å². The summed E-state index contributed by atoms with van der Waals surface area (Å²) in [5.74, 6) is 0.694. The molecule has 1 amide bonds. The number of benzene rings is 1. The Hall–Kier alpha value is -2.18. The van der Waals surface area contributed by atoms with Gasteiger partial charge in [-0.05, 0) is 12.1 Å². The molecular weight excluding hydrogens is 268 g/mol. The van der Waals surface area contributed by atoms with E-state index in [0.717, 1.165) is 37.4 Å². The van der Waals surface area contributed by atoms with E-state index in [0.29, 0.717) is 12.3 Å². The minimum absolute atomic E-state index is 0.00613. The zero-order chi connectivity index (χ0) is 14.5. The van der Waals surface area contributed by atoms with E-state index in [4.69, 9.17) is 4.42 Å². The molecule has 21 heavy (non-hydrogen) atoms. The van der Waals surface area contributed by atoms with Gasteiger partial charge in [0.05, 0.1) is 12.7 Å². The Balaban J connectivity index is 1.62. The maximum absolute atomic E-state index is 12.1. The smallest absolute Gasteiger partial charge is 0.238 e. The molecule has 0 radical (unpaired) electrons. The molecule has 0 atom stereocenters. The molecule has 0 saturated carbocycles. The van der Waals surface area contributed by atoms with Gasteiger partial charge in [0.15, 0.2) is 12.2 Å². The number of oxazole rings is 1. The summed E-state index contributed by atoms with van der Waals surface area (Å²) in [5.41, 5.74) is 1.66. The van der Waals surface area contributed by atoms with E-state index in [1.165, 1.54) is 6.39 Å². The van der Waals surface area contributed by atoms with E-state index < -0.39 is 0 Å². The van der Waals surface area contributed by atoms with Crippen LogP contribution in [0.1, 0.15) is 0 Å². The molecule has 6 nitrogen and oxygen atoms in total. The minimum atomic E-state index is 0.00613. The van der Waals surface area contributed by atoms with Gasteiger partial charge in [0.1, 0.15) is 0 Å². The largest absolute Gasteiger partial charge is 0.444 e. The molecule has 1 aliphatic rings. The monoisotopic (exact) mass is 286 g/mol. The first kappa shape index (κ1) is 13.8. The molecule has 1 aromatic heterocycles. The third kappa shape index (κ3) is 3.68. The van der Waals surface area contributed by atoms with E-state index in [-0.39, 0.29) is 5.91 Å². The van der Waals surface area contributed by atoms with E-state index in [1.54, 1.807) is 6.20 Å². The Labute approximate surface area is 123 Å². The van der Waals surface area contributed by atoms with Crippen molar-refractivity contribution < 1.29 is 9.21 Å². The summed E-state index contributed by atoms with van der Waals surface area (Å²) in [7, 11) is 0. The van der Waals surface area contributed by atoms with Crippen LogP contribution in [-0.4, -0.2) is 48.5 Å². The highest BCUT2D eigenvalue weighted by molar-refractivity contribution is 5.92. The zero-order valence-corrected chi connectivity index (χ0v) is 11.7. The number of aromatic nitrogens is 1. The van der Waals surface area contributed by atoms with E-state index >= 15 is 0 Å². The number of hydrogen-bond donors (Lipinski definition) is 2. The number of anilines is 1. The standard InChI is InChI=1S/C15H18N4O2/c20-15(10-19-6-4-16-5-7-19)18-13-3-1-2-12(8-13)14-9-17-11-21-14/h1-3,8-9,11,16H,4-7,10H2,(H,18,20). The first-order valence-corrected chi connectivity index (χ1v) is 7.03. The van der Waals surface area contributed by atoms with Gasteiger partial charge in [-0.3, -0.25) is 9.69 Å². The van der Waals surface area contributed by atoms with Gasteiger partial charge in [0.2, 0.25) is 5.91 Å². The lowest BCUT2D eigenvalue weighted by atomic mass is 10.1. The van der Waals surface area contributed by atoms with Gasteiger partial charge < -0.3 is 15.1 Å². The maximum Gasteiger partial charge on any atom is 0.238 e. The van der Waals surface area contributed by atoms with Crippen molar-refractivity contribution in [3.8, 4) is 11.3 Å². The van der Waals surface area contributed by atoms with Crippen molar-refractivity contribution in [3.63, 3.8) is 0 Å². The summed E-state index contributed by atoms with van der Waals surface area (Å²) in [6, 6.07) is 7.57. The summed E-state index contributed by atoms with van der Waals surface area (Å²) >= 11 is 0. The average Bonchev–Trinajstić information content (AvgIpc) is 3.02. The average molecular weight is 286 g/mol. The number of hydrogen-bond acceptors (Lipinski definition) is 5. The lowest BCUT2D eigenvalue weighted by Crippen LogP contribution is -2.46. The number of nitrogens with one attached hydrogen (secondary N) is 2. The van der Waals surface area contributed by atoms with Crippen LogP contribution in [0.15, 0.2) is 41.3 Å². The lowest BCUT2D eigenvalue weighted by Gasteiger charge is -2.26. The van der Waals surface area contributed by atoms with Gasteiger partial charge in [0, 0.05) is 37.4 Å². The first-order chi connectivity index (χ1) is 10.3. The van der Waals surface area contributed by atoms with E-state index in [2.05, 4.69) is 20.5 Å². The predicted molar refractivity (Wildman–Crippen MR) is 79.9 cm³/mol. The van der Waals surface area contributed by atoms with Gasteiger partial charge in [-0.2, -0.15) is 0 Å². The molecule has 1 aromatic carbocycles. The van der Waals surface area contributed by atoms with Crippen molar-refractivity contribution in [2.24, 2.45) is 0 Å². The summed E-state index contributed by atoms with van der Waals surface area (Å²) in [5, 5.41) is 6.20. The van der Waals surface area contributed by atoms with Crippen molar-refractivity contribution in [2.75, 3.05) is 38.0 Å². The fraction of sp³-hybridized carbons (Fsp3) is 0.333. The highest BCUT2D eigenvalue weighted by atomic mass is 16.3. The molecule has 2 heterocycles. The number of rotatable bonds is 4. The molecule has 1 saturated heterocycles. The Bertz CT molecular complexity index is 591. The fourth-order valence-electron chi connectivity index (χ4n) is 2.38. The van der Waals surface area contributed by atoms with Crippen molar-refractivity contribution in [1.29, 1.82) is 0 Å². The summed E-state index contributed by atoms with van der Waals surface area (Å²) in [4.78, 5) is 18.1. The summed E-state index contributed by atoms with van der Waals surface area (Å²) < 4.78 is 5.26. The molecule has 0 spiro atoms. The lowest BCUT2D eigenvalue weighted by molar-refractivity contribution is -0.117. The van der Waals surface area contributed by atoms with Crippen molar-refractivity contribution >= 4 is 11.6 Å². The molecule has 110 valence electrons. The molecule has 2 aromatic rings. The van der Waals surface area contributed by atoms with Crippen LogP contribution in [-0.2, 0) is 4.79 Å². The second-order valence-corrected chi connectivity index (χ2v) is 5.02. The Morgan fingerprint density at radius 2 is 2.24 bits per heavy atom. The summed E-state index contributed by atoms with van der Waals surface area (Å²) in [6.07, 6.45) is 3.05. The van der Waals surface area contributed by atoms with Crippen molar-refractivity contribution in [2.45, 2.75) is 0 Å². The third-order valence-corrected chi connectivity index (χ3v) is 3.44. The number of carbonyl (C=O) groups is 1. The maximum atomic E-state index is 12.1. The van der Waals surface area contributed by atoms with Gasteiger partial charge >= 0.3 is 0 Å². The normalized spacial score (nSPS) is 15.8. The molecular formula is C15H18N4O2. The van der Waals surface area contributed by atoms with Crippen molar-refractivity contribution in [1.82, 2.24) is 15.2 Å². The molecule has 0 aliphatic carbocycles. The first-order valence-electron chi connectivity index (χ1n) is 7.03. The van der Waals surface area contributed by atoms with Gasteiger partial charge in [0.25, 0.3) is 0 Å². The Morgan fingerprint density at radius 3 is 3.00 bits per heavy atom.